The second-order valence-corrected chi connectivity index (χ2v) is 12.2. The highest BCUT2D eigenvalue weighted by Crippen LogP contribution is 2.63. The summed E-state index contributed by atoms with van der Waals surface area (Å²) < 4.78 is 18.3. The van der Waals surface area contributed by atoms with E-state index in [9.17, 15) is 30.0 Å². The minimum atomic E-state index is -1.83. The highest BCUT2D eigenvalue weighted by molar-refractivity contribution is 5.93. The summed E-state index contributed by atoms with van der Waals surface area (Å²) in [6.07, 6.45) is -6.18. The van der Waals surface area contributed by atoms with Crippen LogP contribution in [0.2, 0.25) is 0 Å². The second-order valence-electron chi connectivity index (χ2n) is 12.2. The quantitative estimate of drug-likeness (QED) is 0.336. The number of ether oxygens (including phenoxy) is 3. The lowest BCUT2D eigenvalue weighted by atomic mass is 9.44. The van der Waals surface area contributed by atoms with Gasteiger partial charge in [-0.1, -0.05) is 44.2 Å². The van der Waals surface area contributed by atoms with Crippen molar-refractivity contribution in [2.75, 3.05) is 6.61 Å². The first kappa shape index (κ1) is 27.4. The molecule has 1 saturated heterocycles. The summed E-state index contributed by atoms with van der Waals surface area (Å²) in [6, 6.07) is 9.31. The number of benzene rings is 1. The van der Waals surface area contributed by atoms with Gasteiger partial charge in [-0.3, -0.25) is 9.59 Å². The van der Waals surface area contributed by atoms with Crippen molar-refractivity contribution in [1.82, 2.24) is 0 Å². The molecule has 9 unspecified atom stereocenters. The third-order valence-corrected chi connectivity index (χ3v) is 9.97. The molecule has 9 atom stereocenters. The molecule has 0 radical (unpaired) electrons. The molecule has 3 aliphatic carbocycles. The summed E-state index contributed by atoms with van der Waals surface area (Å²) in [7, 11) is 0. The zero-order valence-corrected chi connectivity index (χ0v) is 22.5. The second kappa shape index (κ2) is 8.94. The van der Waals surface area contributed by atoms with E-state index in [1.54, 1.807) is 27.7 Å². The van der Waals surface area contributed by atoms with Crippen LogP contribution in [-0.2, 0) is 30.4 Å². The van der Waals surface area contributed by atoms with E-state index in [0.29, 0.717) is 5.57 Å². The lowest BCUT2D eigenvalue weighted by molar-refractivity contribution is -0.351. The minimum Gasteiger partial charge on any atom is -0.454 e. The van der Waals surface area contributed by atoms with Gasteiger partial charge in [0.05, 0.1) is 36.9 Å². The number of hydrogen-bond donors (Lipinski definition) is 4. The maximum Gasteiger partial charge on any atom is 0.303 e. The van der Waals surface area contributed by atoms with Crippen LogP contribution in [0.4, 0.5) is 0 Å². The lowest BCUT2D eigenvalue weighted by Crippen LogP contribution is -2.81. The number of hydrogen-bond acceptors (Lipinski definition) is 9. The van der Waals surface area contributed by atoms with Gasteiger partial charge >= 0.3 is 5.97 Å². The van der Waals surface area contributed by atoms with Gasteiger partial charge in [0.25, 0.3) is 0 Å². The number of fused-ring (bicyclic) bond motifs is 5. The Balaban J connectivity index is 1.78. The largest absolute Gasteiger partial charge is 0.454 e. The molecule has 1 aliphatic heterocycles. The van der Waals surface area contributed by atoms with Gasteiger partial charge in [-0.25, -0.2) is 0 Å². The molecule has 208 valence electrons. The van der Waals surface area contributed by atoms with Crippen molar-refractivity contribution in [3.05, 3.63) is 47.0 Å². The fourth-order valence-electron chi connectivity index (χ4n) is 7.73. The first-order valence-electron chi connectivity index (χ1n) is 13.2. The van der Waals surface area contributed by atoms with Crippen LogP contribution in [0.3, 0.4) is 0 Å². The standard InChI is InChI=1S/C29H38O9/c1-15-18(31)12-29(35)25(36-13-17-9-7-6-8-10-17)23-27(5,24(34)22(33)21(15)26(29,3)4)19(32)11-20-28(23,14-37-20)38-16(2)30/h6-10,18-20,22-23,25,31-33,35H,11-14H2,1-5H3. The number of Topliss-reactive ketones (excluding diaryl/α,β-unsaturated/α-hetero) is 1. The van der Waals surface area contributed by atoms with Gasteiger partial charge < -0.3 is 34.6 Å². The van der Waals surface area contributed by atoms with Crippen LogP contribution in [-0.4, -0.2) is 80.5 Å². The van der Waals surface area contributed by atoms with Crippen molar-refractivity contribution in [2.45, 2.75) is 95.8 Å². The van der Waals surface area contributed by atoms with Crippen molar-refractivity contribution in [2.24, 2.45) is 16.7 Å². The van der Waals surface area contributed by atoms with Crippen molar-refractivity contribution in [3.8, 4) is 0 Å². The lowest BCUT2D eigenvalue weighted by Gasteiger charge is -2.67. The maximum atomic E-state index is 14.3. The van der Waals surface area contributed by atoms with Crippen molar-refractivity contribution in [3.63, 3.8) is 0 Å². The van der Waals surface area contributed by atoms with Crippen molar-refractivity contribution in [1.29, 1.82) is 0 Å². The van der Waals surface area contributed by atoms with Crippen molar-refractivity contribution >= 4 is 11.8 Å². The molecule has 9 nitrogen and oxygen atoms in total. The minimum absolute atomic E-state index is 0.00657. The third kappa shape index (κ3) is 3.52. The Bertz CT molecular complexity index is 1160. The van der Waals surface area contributed by atoms with E-state index >= 15 is 0 Å². The van der Waals surface area contributed by atoms with E-state index in [4.69, 9.17) is 14.2 Å². The maximum absolute atomic E-state index is 14.3. The summed E-state index contributed by atoms with van der Waals surface area (Å²) in [5.41, 5.74) is -4.67. The number of esters is 1. The summed E-state index contributed by atoms with van der Waals surface area (Å²) >= 11 is 0. The smallest absolute Gasteiger partial charge is 0.303 e. The summed E-state index contributed by atoms with van der Waals surface area (Å²) in [5.74, 6) is -2.36. The molecule has 4 N–H and O–H groups in total. The Morgan fingerprint density at radius 2 is 1.79 bits per heavy atom. The molecule has 3 fully saturated rings. The van der Waals surface area contributed by atoms with Gasteiger partial charge in [-0.15, -0.1) is 0 Å². The Kier molecular flexibility index (Phi) is 6.45. The normalized spacial score (nSPS) is 43.8. The molecule has 0 aromatic heterocycles. The van der Waals surface area contributed by atoms with E-state index in [1.807, 2.05) is 30.3 Å². The van der Waals surface area contributed by atoms with E-state index < -0.39 is 70.2 Å². The molecule has 38 heavy (non-hydrogen) atoms. The number of carbonyl (C=O) groups is 2. The van der Waals surface area contributed by atoms with Gasteiger partial charge in [0, 0.05) is 31.1 Å². The SMILES string of the molecule is CC(=O)OC12COC1CC(O)C1(C)C(=O)C(O)C3=C(C)C(O)CC(O)(C(OCc4ccccc4)C21)C3(C)C. The van der Waals surface area contributed by atoms with Crippen LogP contribution >= 0.6 is 0 Å². The highest BCUT2D eigenvalue weighted by atomic mass is 16.6. The first-order valence-corrected chi connectivity index (χ1v) is 13.2. The topological polar surface area (TPSA) is 143 Å². The summed E-state index contributed by atoms with van der Waals surface area (Å²) in [6.45, 7) is 7.91. The average Bonchev–Trinajstić information content (AvgIpc) is 2.85. The molecular weight excluding hydrogens is 492 g/mol. The highest BCUT2D eigenvalue weighted by Gasteiger charge is 2.77. The molecule has 0 amide bonds. The third-order valence-electron chi connectivity index (χ3n) is 9.97. The van der Waals surface area contributed by atoms with E-state index in [2.05, 4.69) is 0 Å². The molecular formula is C29H38O9. The molecule has 1 aromatic carbocycles. The summed E-state index contributed by atoms with van der Waals surface area (Å²) in [5, 5.41) is 46.8. The number of aliphatic hydroxyl groups is 4. The van der Waals surface area contributed by atoms with Crippen LogP contribution in [0.25, 0.3) is 0 Å². The van der Waals surface area contributed by atoms with Gasteiger partial charge in [0.2, 0.25) is 0 Å². The monoisotopic (exact) mass is 530 g/mol. The van der Waals surface area contributed by atoms with Gasteiger partial charge in [-0.2, -0.15) is 0 Å². The van der Waals surface area contributed by atoms with Gasteiger partial charge in [0.1, 0.15) is 17.8 Å². The molecule has 4 aliphatic rings. The molecule has 1 aromatic rings. The Morgan fingerprint density at radius 1 is 1.13 bits per heavy atom. The first-order chi connectivity index (χ1) is 17.7. The predicted molar refractivity (Wildman–Crippen MR) is 135 cm³/mol. The zero-order chi connectivity index (χ0) is 27.8. The Hall–Kier alpha value is -2.14. The molecule has 0 spiro atoms. The molecule has 9 heteroatoms. The van der Waals surface area contributed by atoms with E-state index in [0.717, 1.165) is 5.56 Å². The molecule has 5 rings (SSSR count). The van der Waals surface area contributed by atoms with Crippen LogP contribution < -0.4 is 0 Å². The Morgan fingerprint density at radius 3 is 2.37 bits per heavy atom. The van der Waals surface area contributed by atoms with Gasteiger partial charge in [0.15, 0.2) is 11.4 Å². The molecule has 2 saturated carbocycles. The Labute approximate surface area is 222 Å². The van der Waals surface area contributed by atoms with Crippen LogP contribution in [0, 0.1) is 16.7 Å². The predicted octanol–water partition coefficient (Wildman–Crippen LogP) is 1.44. The number of aliphatic hydroxyl groups excluding tert-OH is 3. The fourth-order valence-corrected chi connectivity index (χ4v) is 7.73. The zero-order valence-electron chi connectivity index (χ0n) is 22.5. The van der Waals surface area contributed by atoms with Crippen LogP contribution in [0.1, 0.15) is 53.0 Å². The van der Waals surface area contributed by atoms with E-state index in [1.165, 1.54) is 6.92 Å². The number of carbonyl (C=O) groups excluding carboxylic acids is 2. The fraction of sp³-hybridized carbons (Fsp3) is 0.655. The van der Waals surface area contributed by atoms with Crippen molar-refractivity contribution < 1.29 is 44.2 Å². The molecule has 2 bridgehead atoms. The number of ketones is 1. The van der Waals surface area contributed by atoms with Crippen LogP contribution in [0.5, 0.6) is 0 Å². The van der Waals surface area contributed by atoms with Crippen LogP contribution in [0.15, 0.2) is 41.5 Å². The summed E-state index contributed by atoms with van der Waals surface area (Å²) in [4.78, 5) is 26.7. The molecule has 1 heterocycles. The number of rotatable bonds is 4. The average molecular weight is 531 g/mol. The van der Waals surface area contributed by atoms with E-state index in [-0.39, 0.29) is 31.6 Å². The van der Waals surface area contributed by atoms with Gasteiger partial charge in [-0.05, 0) is 30.6 Å².